The minimum atomic E-state index is 0.774. The number of hydrogen-bond donors (Lipinski definition) is 1. The fourth-order valence-corrected chi connectivity index (χ4v) is 2.64. The SMILES string of the molecule is CC1CCCC1NC1CC=CCC1. The smallest absolute Gasteiger partial charge is 0.0107 e. The first-order valence-electron chi connectivity index (χ1n) is 5.77. The van der Waals surface area contributed by atoms with Gasteiger partial charge in [0.05, 0.1) is 0 Å². The Morgan fingerprint density at radius 3 is 2.69 bits per heavy atom. The van der Waals surface area contributed by atoms with Gasteiger partial charge in [-0.25, -0.2) is 0 Å². The zero-order chi connectivity index (χ0) is 9.10. The monoisotopic (exact) mass is 179 g/mol. The number of nitrogens with one attached hydrogen (secondary N) is 1. The maximum atomic E-state index is 3.82. The molecule has 74 valence electrons. The van der Waals surface area contributed by atoms with Crippen LogP contribution in [0.25, 0.3) is 0 Å². The Balaban J connectivity index is 1.79. The minimum Gasteiger partial charge on any atom is -0.311 e. The van der Waals surface area contributed by atoms with Gasteiger partial charge in [0.1, 0.15) is 0 Å². The molecule has 3 atom stereocenters. The van der Waals surface area contributed by atoms with Crippen LogP contribution in [0.3, 0.4) is 0 Å². The Hall–Kier alpha value is -0.300. The lowest BCUT2D eigenvalue weighted by Gasteiger charge is -2.26. The number of rotatable bonds is 2. The molecule has 1 saturated carbocycles. The largest absolute Gasteiger partial charge is 0.311 e. The molecule has 13 heavy (non-hydrogen) atoms. The molecule has 1 heteroatoms. The second-order valence-electron chi connectivity index (χ2n) is 4.66. The van der Waals surface area contributed by atoms with Crippen molar-refractivity contribution in [1.29, 1.82) is 0 Å². The van der Waals surface area contributed by atoms with Crippen molar-refractivity contribution in [3.8, 4) is 0 Å². The molecule has 2 aliphatic rings. The summed E-state index contributed by atoms with van der Waals surface area (Å²) in [4.78, 5) is 0. The molecule has 0 radical (unpaired) electrons. The highest BCUT2D eigenvalue weighted by molar-refractivity contribution is 4.95. The van der Waals surface area contributed by atoms with Crippen molar-refractivity contribution >= 4 is 0 Å². The lowest BCUT2D eigenvalue weighted by atomic mass is 9.98. The summed E-state index contributed by atoms with van der Waals surface area (Å²) in [5.41, 5.74) is 0. The van der Waals surface area contributed by atoms with Crippen LogP contribution in [0.1, 0.15) is 45.4 Å². The van der Waals surface area contributed by atoms with Crippen LogP contribution in [0.2, 0.25) is 0 Å². The van der Waals surface area contributed by atoms with E-state index in [0.717, 1.165) is 18.0 Å². The molecule has 0 saturated heterocycles. The van der Waals surface area contributed by atoms with E-state index in [1.807, 2.05) is 0 Å². The fraction of sp³-hybridized carbons (Fsp3) is 0.833. The van der Waals surface area contributed by atoms with Gasteiger partial charge >= 0.3 is 0 Å². The first-order valence-corrected chi connectivity index (χ1v) is 5.77. The summed E-state index contributed by atoms with van der Waals surface area (Å²) in [5, 5.41) is 3.82. The molecule has 0 aromatic heterocycles. The Bertz CT molecular complexity index is 186. The summed E-state index contributed by atoms with van der Waals surface area (Å²) in [7, 11) is 0. The third-order valence-electron chi connectivity index (χ3n) is 3.58. The second kappa shape index (κ2) is 4.28. The van der Waals surface area contributed by atoms with Crippen LogP contribution < -0.4 is 5.32 Å². The molecule has 2 rings (SSSR count). The normalized spacial score (nSPS) is 39.6. The zero-order valence-corrected chi connectivity index (χ0v) is 8.63. The van der Waals surface area contributed by atoms with Crippen molar-refractivity contribution in [3.63, 3.8) is 0 Å². The van der Waals surface area contributed by atoms with Crippen molar-refractivity contribution in [1.82, 2.24) is 5.32 Å². The lowest BCUT2D eigenvalue weighted by Crippen LogP contribution is -2.40. The van der Waals surface area contributed by atoms with Crippen LogP contribution in [0, 0.1) is 5.92 Å². The first-order chi connectivity index (χ1) is 6.36. The van der Waals surface area contributed by atoms with E-state index in [-0.39, 0.29) is 0 Å². The molecule has 0 spiro atoms. The van der Waals surface area contributed by atoms with E-state index < -0.39 is 0 Å². The molecule has 0 aliphatic heterocycles. The quantitative estimate of drug-likeness (QED) is 0.643. The number of hydrogen-bond acceptors (Lipinski definition) is 1. The molecule has 0 heterocycles. The lowest BCUT2D eigenvalue weighted by molar-refractivity contribution is 0.355. The molecule has 2 aliphatic carbocycles. The molecule has 1 N–H and O–H groups in total. The molecule has 0 aromatic carbocycles. The average Bonchev–Trinajstić information content (AvgIpc) is 2.54. The van der Waals surface area contributed by atoms with Gasteiger partial charge in [0.2, 0.25) is 0 Å². The Kier molecular flexibility index (Phi) is 3.05. The molecular weight excluding hydrogens is 158 g/mol. The number of allylic oxidation sites excluding steroid dienone is 1. The molecule has 0 aromatic rings. The molecule has 0 amide bonds. The Morgan fingerprint density at radius 2 is 2.08 bits per heavy atom. The van der Waals surface area contributed by atoms with E-state index in [4.69, 9.17) is 0 Å². The van der Waals surface area contributed by atoms with Crippen molar-refractivity contribution in [2.24, 2.45) is 5.92 Å². The predicted molar refractivity (Wildman–Crippen MR) is 56.7 cm³/mol. The minimum absolute atomic E-state index is 0.774. The maximum Gasteiger partial charge on any atom is 0.0107 e. The van der Waals surface area contributed by atoms with Gasteiger partial charge in [0.15, 0.2) is 0 Å². The van der Waals surface area contributed by atoms with Crippen molar-refractivity contribution in [2.45, 2.75) is 57.5 Å². The Morgan fingerprint density at radius 1 is 1.15 bits per heavy atom. The molecule has 3 unspecified atom stereocenters. The fourth-order valence-electron chi connectivity index (χ4n) is 2.64. The highest BCUT2D eigenvalue weighted by Crippen LogP contribution is 2.26. The molecular formula is C12H21N. The molecule has 1 nitrogen and oxygen atoms in total. The maximum absolute atomic E-state index is 3.82. The van der Waals surface area contributed by atoms with E-state index in [1.54, 1.807) is 0 Å². The first kappa shape index (κ1) is 9.26. The van der Waals surface area contributed by atoms with Crippen LogP contribution in [-0.4, -0.2) is 12.1 Å². The van der Waals surface area contributed by atoms with Crippen molar-refractivity contribution in [3.05, 3.63) is 12.2 Å². The van der Waals surface area contributed by atoms with Gasteiger partial charge < -0.3 is 5.32 Å². The van der Waals surface area contributed by atoms with Gasteiger partial charge in [0.25, 0.3) is 0 Å². The van der Waals surface area contributed by atoms with Crippen molar-refractivity contribution < 1.29 is 0 Å². The van der Waals surface area contributed by atoms with E-state index >= 15 is 0 Å². The summed E-state index contributed by atoms with van der Waals surface area (Å²) in [6.07, 6.45) is 12.8. The van der Waals surface area contributed by atoms with Gasteiger partial charge in [-0.3, -0.25) is 0 Å². The van der Waals surface area contributed by atoms with Gasteiger partial charge in [-0.1, -0.05) is 25.5 Å². The van der Waals surface area contributed by atoms with Gasteiger partial charge in [0, 0.05) is 12.1 Å². The van der Waals surface area contributed by atoms with E-state index in [1.165, 1.54) is 38.5 Å². The highest BCUT2D eigenvalue weighted by Gasteiger charge is 2.25. The van der Waals surface area contributed by atoms with Crippen LogP contribution in [0.4, 0.5) is 0 Å². The topological polar surface area (TPSA) is 12.0 Å². The van der Waals surface area contributed by atoms with Gasteiger partial charge in [-0.05, 0) is 38.0 Å². The summed E-state index contributed by atoms with van der Waals surface area (Å²) in [6, 6.07) is 1.59. The summed E-state index contributed by atoms with van der Waals surface area (Å²) < 4.78 is 0. The van der Waals surface area contributed by atoms with E-state index in [9.17, 15) is 0 Å². The van der Waals surface area contributed by atoms with Crippen LogP contribution >= 0.6 is 0 Å². The second-order valence-corrected chi connectivity index (χ2v) is 4.66. The predicted octanol–water partition coefficient (Wildman–Crippen LogP) is 2.87. The van der Waals surface area contributed by atoms with Crippen LogP contribution in [0.15, 0.2) is 12.2 Å². The highest BCUT2D eigenvalue weighted by atomic mass is 15.0. The summed E-state index contributed by atoms with van der Waals surface area (Å²) in [6.45, 7) is 2.39. The van der Waals surface area contributed by atoms with Gasteiger partial charge in [-0.2, -0.15) is 0 Å². The Labute approximate surface area is 81.6 Å². The van der Waals surface area contributed by atoms with Gasteiger partial charge in [-0.15, -0.1) is 0 Å². The van der Waals surface area contributed by atoms with Crippen molar-refractivity contribution in [2.75, 3.05) is 0 Å². The third kappa shape index (κ3) is 2.34. The average molecular weight is 179 g/mol. The van der Waals surface area contributed by atoms with Crippen LogP contribution in [0.5, 0.6) is 0 Å². The zero-order valence-electron chi connectivity index (χ0n) is 8.63. The third-order valence-corrected chi connectivity index (χ3v) is 3.58. The standard InChI is InChI=1S/C12H21N/c1-10-6-5-9-12(10)13-11-7-3-2-4-8-11/h2-3,10-13H,4-9H2,1H3. The summed E-state index contributed by atoms with van der Waals surface area (Å²) in [5.74, 6) is 0.908. The molecule has 0 bridgehead atoms. The molecule has 1 fully saturated rings. The summed E-state index contributed by atoms with van der Waals surface area (Å²) >= 11 is 0. The van der Waals surface area contributed by atoms with Crippen LogP contribution in [-0.2, 0) is 0 Å². The van der Waals surface area contributed by atoms with E-state index in [2.05, 4.69) is 24.4 Å². The van der Waals surface area contributed by atoms with E-state index in [0.29, 0.717) is 0 Å².